The third kappa shape index (κ3) is 5.11. The first kappa shape index (κ1) is 20.3. The van der Waals surface area contributed by atoms with Crippen LogP contribution in [0.4, 0.5) is 5.69 Å². The minimum atomic E-state index is -0.122. The summed E-state index contributed by atoms with van der Waals surface area (Å²) in [4.78, 5) is 17.0. The van der Waals surface area contributed by atoms with E-state index in [1.807, 2.05) is 42.5 Å². The van der Waals surface area contributed by atoms with Gasteiger partial charge >= 0.3 is 0 Å². The van der Waals surface area contributed by atoms with Crippen molar-refractivity contribution in [2.24, 2.45) is 0 Å². The second kappa shape index (κ2) is 9.20. The van der Waals surface area contributed by atoms with Crippen LogP contribution >= 0.6 is 55.1 Å². The fourth-order valence-electron chi connectivity index (χ4n) is 2.64. The van der Waals surface area contributed by atoms with E-state index in [2.05, 4.69) is 42.2 Å². The van der Waals surface area contributed by atoms with Gasteiger partial charge in [0.2, 0.25) is 5.91 Å². The molecule has 0 spiro atoms. The molecule has 0 saturated heterocycles. The Hall–Kier alpha value is -1.40. The van der Waals surface area contributed by atoms with E-state index < -0.39 is 0 Å². The molecule has 3 aromatic rings. The molecule has 2 aromatic carbocycles. The molecule has 0 fully saturated rings. The minimum Gasteiger partial charge on any atom is -0.325 e. The lowest BCUT2D eigenvalue weighted by Gasteiger charge is -2.13. The standard InChI is InChI=1S/C20H14Br2Cl2N2O/c21-14-11-18(22)26-20(13-5-1-2-6-15(13)23)12(14)9-10-19(27)25-17-8-4-3-7-16(17)24/h1-8,11H,9-10H2,(H,25,27). The molecule has 27 heavy (non-hydrogen) atoms. The monoisotopic (exact) mass is 526 g/mol. The molecule has 0 atom stereocenters. The summed E-state index contributed by atoms with van der Waals surface area (Å²) in [6.45, 7) is 0. The zero-order chi connectivity index (χ0) is 19.4. The lowest BCUT2D eigenvalue weighted by atomic mass is 10.0. The molecule has 0 bridgehead atoms. The van der Waals surface area contributed by atoms with Gasteiger partial charge in [-0.3, -0.25) is 4.79 Å². The fraction of sp³-hybridized carbons (Fsp3) is 0.100. The van der Waals surface area contributed by atoms with Gasteiger partial charge in [-0.05, 0) is 52.2 Å². The Kier molecular flexibility index (Phi) is 6.93. The van der Waals surface area contributed by atoms with E-state index in [0.717, 1.165) is 21.3 Å². The molecule has 3 rings (SSSR count). The summed E-state index contributed by atoms with van der Waals surface area (Å²) < 4.78 is 1.55. The van der Waals surface area contributed by atoms with Crippen molar-refractivity contribution >= 4 is 66.7 Å². The number of pyridine rings is 1. The first-order valence-corrected chi connectivity index (χ1v) is 10.4. The molecule has 1 aromatic heterocycles. The molecule has 0 aliphatic heterocycles. The molecule has 138 valence electrons. The Morgan fingerprint density at radius 3 is 2.37 bits per heavy atom. The number of anilines is 1. The summed E-state index contributed by atoms with van der Waals surface area (Å²) in [5.41, 5.74) is 3.08. The maximum absolute atomic E-state index is 12.4. The van der Waals surface area contributed by atoms with E-state index in [1.165, 1.54) is 0 Å². The second-order valence-corrected chi connectivity index (χ2v) is 8.24. The average molecular weight is 529 g/mol. The molecular weight excluding hydrogens is 515 g/mol. The largest absolute Gasteiger partial charge is 0.325 e. The number of hydrogen-bond donors (Lipinski definition) is 1. The zero-order valence-electron chi connectivity index (χ0n) is 14.0. The number of rotatable bonds is 5. The van der Waals surface area contributed by atoms with Crippen LogP contribution in [-0.2, 0) is 11.2 Å². The Bertz CT molecular complexity index is 995. The summed E-state index contributed by atoms with van der Waals surface area (Å²) in [7, 11) is 0. The van der Waals surface area contributed by atoms with Crippen LogP contribution in [0.25, 0.3) is 11.3 Å². The van der Waals surface area contributed by atoms with Gasteiger partial charge in [-0.15, -0.1) is 0 Å². The van der Waals surface area contributed by atoms with Gasteiger partial charge in [0.25, 0.3) is 0 Å². The van der Waals surface area contributed by atoms with Crippen molar-refractivity contribution in [1.82, 2.24) is 4.98 Å². The van der Waals surface area contributed by atoms with Crippen LogP contribution in [-0.4, -0.2) is 10.9 Å². The maximum atomic E-state index is 12.4. The lowest BCUT2D eigenvalue weighted by Crippen LogP contribution is -2.13. The highest BCUT2D eigenvalue weighted by Gasteiger charge is 2.16. The molecule has 1 N–H and O–H groups in total. The first-order valence-electron chi connectivity index (χ1n) is 8.10. The quantitative estimate of drug-likeness (QED) is 0.357. The Morgan fingerprint density at radius 1 is 1.00 bits per heavy atom. The molecule has 1 heterocycles. The van der Waals surface area contributed by atoms with Crippen molar-refractivity contribution in [2.45, 2.75) is 12.8 Å². The second-order valence-electron chi connectivity index (χ2n) is 5.76. The number of benzene rings is 2. The lowest BCUT2D eigenvalue weighted by molar-refractivity contribution is -0.116. The van der Waals surface area contributed by atoms with Crippen molar-refractivity contribution < 1.29 is 4.79 Å². The fourth-order valence-corrected chi connectivity index (χ4v) is 4.36. The van der Waals surface area contributed by atoms with Crippen LogP contribution in [0.5, 0.6) is 0 Å². The van der Waals surface area contributed by atoms with Crippen LogP contribution in [0.3, 0.4) is 0 Å². The van der Waals surface area contributed by atoms with Crippen molar-refractivity contribution in [3.63, 3.8) is 0 Å². The van der Waals surface area contributed by atoms with Gasteiger partial charge in [-0.2, -0.15) is 0 Å². The van der Waals surface area contributed by atoms with E-state index in [1.54, 1.807) is 12.1 Å². The van der Waals surface area contributed by atoms with Crippen molar-refractivity contribution in [3.8, 4) is 11.3 Å². The van der Waals surface area contributed by atoms with Gasteiger partial charge in [-0.25, -0.2) is 4.98 Å². The zero-order valence-corrected chi connectivity index (χ0v) is 18.7. The molecular formula is C20H14Br2Cl2N2O. The van der Waals surface area contributed by atoms with Gasteiger partial charge in [0.05, 0.1) is 16.4 Å². The predicted octanol–water partition coefficient (Wildman–Crippen LogP) is 7.15. The van der Waals surface area contributed by atoms with Crippen LogP contribution in [0, 0.1) is 0 Å². The molecule has 0 radical (unpaired) electrons. The van der Waals surface area contributed by atoms with Crippen LogP contribution in [0.1, 0.15) is 12.0 Å². The third-order valence-corrected chi connectivity index (χ3v) is 5.69. The normalized spacial score (nSPS) is 10.7. The first-order chi connectivity index (χ1) is 13.0. The Balaban J connectivity index is 1.84. The van der Waals surface area contributed by atoms with Crippen molar-refractivity contribution in [2.75, 3.05) is 5.32 Å². The molecule has 0 unspecified atom stereocenters. The van der Waals surface area contributed by atoms with E-state index >= 15 is 0 Å². The number of carbonyl (C=O) groups excluding carboxylic acids is 1. The predicted molar refractivity (Wildman–Crippen MR) is 118 cm³/mol. The van der Waals surface area contributed by atoms with Crippen molar-refractivity contribution in [3.05, 3.63) is 79.3 Å². The van der Waals surface area contributed by atoms with Crippen LogP contribution in [0.15, 0.2) is 63.7 Å². The average Bonchev–Trinajstić information content (AvgIpc) is 2.63. The highest BCUT2D eigenvalue weighted by Crippen LogP contribution is 2.35. The highest BCUT2D eigenvalue weighted by molar-refractivity contribution is 9.11. The van der Waals surface area contributed by atoms with Gasteiger partial charge < -0.3 is 5.32 Å². The van der Waals surface area contributed by atoms with Gasteiger partial charge in [0.15, 0.2) is 0 Å². The SMILES string of the molecule is O=C(CCc1c(Br)cc(Br)nc1-c1ccccc1Cl)Nc1ccccc1Cl. The number of aromatic nitrogens is 1. The van der Waals surface area contributed by atoms with E-state index in [9.17, 15) is 4.79 Å². The number of para-hydroxylation sites is 1. The van der Waals surface area contributed by atoms with Gasteiger partial charge in [0, 0.05) is 21.5 Å². The molecule has 7 heteroatoms. The maximum Gasteiger partial charge on any atom is 0.224 e. The Morgan fingerprint density at radius 2 is 1.67 bits per heavy atom. The smallest absolute Gasteiger partial charge is 0.224 e. The summed E-state index contributed by atoms with van der Waals surface area (Å²) in [6.07, 6.45) is 0.780. The summed E-state index contributed by atoms with van der Waals surface area (Å²) >= 11 is 19.5. The molecule has 0 aliphatic rings. The van der Waals surface area contributed by atoms with E-state index in [0.29, 0.717) is 26.8 Å². The molecule has 0 saturated carbocycles. The van der Waals surface area contributed by atoms with Crippen LogP contribution in [0.2, 0.25) is 10.0 Å². The summed E-state index contributed by atoms with van der Waals surface area (Å²) in [6, 6.07) is 16.5. The summed E-state index contributed by atoms with van der Waals surface area (Å²) in [5, 5.41) is 3.96. The van der Waals surface area contributed by atoms with Crippen molar-refractivity contribution in [1.29, 1.82) is 0 Å². The topological polar surface area (TPSA) is 42.0 Å². The Labute approximate surface area is 184 Å². The molecule has 3 nitrogen and oxygen atoms in total. The number of nitrogens with zero attached hydrogens (tertiary/aromatic N) is 1. The highest BCUT2D eigenvalue weighted by atomic mass is 79.9. The number of hydrogen-bond acceptors (Lipinski definition) is 2. The molecule has 1 amide bonds. The van der Waals surface area contributed by atoms with Gasteiger partial charge in [-0.1, -0.05) is 69.5 Å². The number of nitrogens with one attached hydrogen (secondary N) is 1. The van der Waals surface area contributed by atoms with Crippen LogP contribution < -0.4 is 5.32 Å². The number of halogens is 4. The molecule has 0 aliphatic carbocycles. The number of carbonyl (C=O) groups is 1. The minimum absolute atomic E-state index is 0.122. The van der Waals surface area contributed by atoms with Gasteiger partial charge in [0.1, 0.15) is 4.60 Å². The number of amides is 1. The van der Waals surface area contributed by atoms with E-state index in [4.69, 9.17) is 23.2 Å². The third-order valence-electron chi connectivity index (χ3n) is 3.92. The van der Waals surface area contributed by atoms with E-state index in [-0.39, 0.29) is 12.3 Å². The summed E-state index contributed by atoms with van der Waals surface area (Å²) in [5.74, 6) is -0.122.